The van der Waals surface area contributed by atoms with Gasteiger partial charge in [-0.15, -0.1) is 0 Å². The highest BCUT2D eigenvalue weighted by Crippen LogP contribution is 2.34. The number of nitrogens with zero attached hydrogens (tertiary/aromatic N) is 3. The topological polar surface area (TPSA) is 45.0 Å². The molecule has 1 aliphatic carbocycles. The van der Waals surface area contributed by atoms with Crippen LogP contribution in [0.1, 0.15) is 95.4 Å². The average Bonchev–Trinajstić information content (AvgIpc) is 3.40. The van der Waals surface area contributed by atoms with Crippen molar-refractivity contribution in [2.45, 2.75) is 84.7 Å². The summed E-state index contributed by atoms with van der Waals surface area (Å²) in [6.45, 7) is 11.6. The van der Waals surface area contributed by atoms with Gasteiger partial charge in [-0.1, -0.05) is 76.4 Å². The predicted molar refractivity (Wildman–Crippen MR) is 156 cm³/mol. The summed E-state index contributed by atoms with van der Waals surface area (Å²) in [6.07, 6.45) is 10.5. The van der Waals surface area contributed by atoms with E-state index in [-0.39, 0.29) is 23.6 Å². The van der Waals surface area contributed by atoms with Gasteiger partial charge in [0.2, 0.25) is 5.91 Å². The molecule has 6 heteroatoms. The van der Waals surface area contributed by atoms with E-state index in [4.69, 9.17) is 0 Å². The van der Waals surface area contributed by atoms with Crippen LogP contribution < -0.4 is 0 Å². The minimum absolute atomic E-state index is 0.0129. The van der Waals surface area contributed by atoms with Crippen molar-refractivity contribution in [1.29, 1.82) is 0 Å². The first-order chi connectivity index (χ1) is 18.6. The molecule has 2 aliphatic rings. The van der Waals surface area contributed by atoms with Gasteiger partial charge in [0.05, 0.1) is 11.6 Å². The molecular weight excluding hydrogens is 492 g/mol. The minimum atomic E-state index is -0.571. The number of rotatable bonds is 7. The molecule has 0 saturated heterocycles. The Hall–Kier alpha value is -3.41. The Bertz CT molecular complexity index is 1270. The van der Waals surface area contributed by atoms with Crippen LogP contribution in [0, 0.1) is 17.0 Å². The van der Waals surface area contributed by atoms with Gasteiger partial charge in [-0.3, -0.25) is 14.7 Å². The number of carbonyl (C=O) groups is 1. The number of allylic oxidation sites excluding steroid dienone is 3. The monoisotopic (exact) mass is 531 g/mol. The number of hydrogen-bond acceptors (Lipinski definition) is 3. The van der Waals surface area contributed by atoms with Crippen molar-refractivity contribution in [2.24, 2.45) is 15.4 Å². The summed E-state index contributed by atoms with van der Waals surface area (Å²) in [4.78, 5) is 24.2. The molecule has 1 amide bonds. The molecule has 0 aromatic heterocycles. The minimum Gasteiger partial charge on any atom is -0.293 e. The fraction of sp³-hybridized carbons (Fsp3) is 0.424. The van der Waals surface area contributed by atoms with Crippen LogP contribution >= 0.6 is 0 Å². The highest BCUT2D eigenvalue weighted by molar-refractivity contribution is 6.02. The van der Waals surface area contributed by atoms with Gasteiger partial charge < -0.3 is 0 Å². The van der Waals surface area contributed by atoms with Crippen molar-refractivity contribution in [3.05, 3.63) is 88.8 Å². The second-order valence-corrected chi connectivity index (χ2v) is 11.6. The van der Waals surface area contributed by atoms with Crippen LogP contribution in [0.3, 0.4) is 0 Å². The molecule has 1 heterocycles. The molecule has 2 aromatic rings. The van der Waals surface area contributed by atoms with Crippen LogP contribution in [0.4, 0.5) is 8.78 Å². The highest BCUT2D eigenvalue weighted by atomic mass is 19.1. The summed E-state index contributed by atoms with van der Waals surface area (Å²) < 4.78 is 28.4. The molecule has 39 heavy (non-hydrogen) atoms. The van der Waals surface area contributed by atoms with Gasteiger partial charge in [0.25, 0.3) is 0 Å². The van der Waals surface area contributed by atoms with E-state index in [0.717, 1.165) is 42.4 Å². The first kappa shape index (κ1) is 28.6. The molecule has 1 aliphatic heterocycles. The first-order valence-corrected chi connectivity index (χ1v) is 13.9. The van der Waals surface area contributed by atoms with Gasteiger partial charge in [-0.25, -0.2) is 13.8 Å². The Morgan fingerprint density at radius 1 is 1.00 bits per heavy atom. The molecule has 0 spiro atoms. The Morgan fingerprint density at radius 3 is 2.23 bits per heavy atom. The SMILES string of the molecule is C=N/C(=C\C=C(/C)c1ccc(C2CCC(c3c(F)cccc3F)=N2)cc1)N(C(=O)C(C)(C)C)C1CCCCC1. The summed E-state index contributed by atoms with van der Waals surface area (Å²) in [5.41, 5.74) is 3.03. The third-order valence-electron chi connectivity index (χ3n) is 7.66. The van der Waals surface area contributed by atoms with Crippen LogP contribution in [-0.4, -0.2) is 29.3 Å². The molecule has 2 aromatic carbocycles. The van der Waals surface area contributed by atoms with Crippen molar-refractivity contribution in [2.75, 3.05) is 0 Å². The van der Waals surface area contributed by atoms with Crippen LogP contribution in [0.25, 0.3) is 5.57 Å². The average molecular weight is 532 g/mol. The molecule has 1 fully saturated rings. The van der Waals surface area contributed by atoms with Crippen molar-refractivity contribution in [3.8, 4) is 0 Å². The lowest BCUT2D eigenvalue weighted by atomic mass is 9.89. The number of amides is 1. The van der Waals surface area contributed by atoms with Crippen LogP contribution in [0.2, 0.25) is 0 Å². The molecular formula is C33H39F2N3O. The highest BCUT2D eigenvalue weighted by Gasteiger charge is 2.34. The van der Waals surface area contributed by atoms with Crippen LogP contribution in [0.15, 0.2) is 70.4 Å². The van der Waals surface area contributed by atoms with Gasteiger partial charge in [0.15, 0.2) is 0 Å². The Kier molecular flexibility index (Phi) is 8.94. The summed E-state index contributed by atoms with van der Waals surface area (Å²) in [7, 11) is 0. The molecule has 1 unspecified atom stereocenters. The van der Waals surface area contributed by atoms with Gasteiger partial charge in [0.1, 0.15) is 17.5 Å². The zero-order valence-electron chi connectivity index (χ0n) is 23.5. The first-order valence-electron chi connectivity index (χ1n) is 13.9. The summed E-state index contributed by atoms with van der Waals surface area (Å²) >= 11 is 0. The maximum absolute atomic E-state index is 14.2. The van der Waals surface area contributed by atoms with Gasteiger partial charge in [-0.2, -0.15) is 0 Å². The van der Waals surface area contributed by atoms with E-state index in [9.17, 15) is 13.6 Å². The largest absolute Gasteiger partial charge is 0.293 e. The van der Waals surface area contributed by atoms with E-state index >= 15 is 0 Å². The lowest BCUT2D eigenvalue weighted by Gasteiger charge is -2.37. The standard InChI is InChI=1S/C33H39F2N3O/c1-22(14-21-30(36-5)38(32(39)33(2,3)4)25-10-7-6-8-11-25)23-15-17-24(18-16-23)28-19-20-29(37-28)31-26(34)12-9-13-27(31)35/h9,12-18,21,25,28H,5-8,10-11,19-20H2,1-4H3/b22-14+,30-21+. The molecule has 1 saturated carbocycles. The van der Waals surface area contributed by atoms with Crippen molar-refractivity contribution in [3.63, 3.8) is 0 Å². The van der Waals surface area contributed by atoms with E-state index in [2.05, 4.69) is 16.7 Å². The summed E-state index contributed by atoms with van der Waals surface area (Å²) in [5.74, 6) is -0.488. The molecule has 206 valence electrons. The number of aliphatic imine (C=N–C) groups is 2. The van der Waals surface area contributed by atoms with Crippen molar-refractivity contribution >= 4 is 23.9 Å². The van der Waals surface area contributed by atoms with Crippen LogP contribution in [0.5, 0.6) is 0 Å². The zero-order chi connectivity index (χ0) is 28.2. The summed E-state index contributed by atoms with van der Waals surface area (Å²) in [6, 6.07) is 12.0. The molecule has 4 nitrogen and oxygen atoms in total. The number of hydrogen-bond donors (Lipinski definition) is 0. The van der Waals surface area contributed by atoms with Crippen molar-refractivity contribution in [1.82, 2.24) is 4.90 Å². The van der Waals surface area contributed by atoms with Gasteiger partial charge in [0, 0.05) is 17.2 Å². The predicted octanol–water partition coefficient (Wildman–Crippen LogP) is 8.44. The lowest BCUT2D eigenvalue weighted by molar-refractivity contribution is -0.140. The summed E-state index contributed by atoms with van der Waals surface area (Å²) in [5, 5.41) is 0. The van der Waals surface area contributed by atoms with Gasteiger partial charge in [-0.05, 0) is 74.2 Å². The lowest BCUT2D eigenvalue weighted by Crippen LogP contribution is -2.45. The van der Waals surface area contributed by atoms with E-state index < -0.39 is 17.0 Å². The second kappa shape index (κ2) is 12.2. The normalized spacial score (nSPS) is 19.1. The molecule has 0 radical (unpaired) electrons. The van der Waals surface area contributed by atoms with E-state index in [1.807, 2.05) is 69.0 Å². The van der Waals surface area contributed by atoms with Gasteiger partial charge >= 0.3 is 0 Å². The molecule has 4 rings (SSSR count). The zero-order valence-corrected chi connectivity index (χ0v) is 23.5. The Morgan fingerprint density at radius 2 is 1.64 bits per heavy atom. The number of carbonyl (C=O) groups excluding carboxylic acids is 1. The third kappa shape index (κ3) is 6.60. The number of benzene rings is 2. The van der Waals surface area contributed by atoms with Crippen LogP contribution in [-0.2, 0) is 4.79 Å². The maximum Gasteiger partial charge on any atom is 0.233 e. The third-order valence-corrected chi connectivity index (χ3v) is 7.66. The molecule has 0 N–H and O–H groups in total. The maximum atomic E-state index is 14.2. The van der Waals surface area contributed by atoms with E-state index in [1.54, 1.807) is 0 Å². The smallest absolute Gasteiger partial charge is 0.233 e. The Labute approximate surface area is 231 Å². The second-order valence-electron chi connectivity index (χ2n) is 11.6. The number of halogens is 2. The fourth-order valence-electron chi connectivity index (χ4n) is 5.43. The van der Waals surface area contributed by atoms with E-state index in [1.165, 1.54) is 24.6 Å². The molecule has 1 atom stereocenters. The fourth-order valence-corrected chi connectivity index (χ4v) is 5.43. The Balaban J connectivity index is 1.54. The van der Waals surface area contributed by atoms with Crippen molar-refractivity contribution < 1.29 is 13.6 Å². The molecule has 0 bridgehead atoms. The quantitative estimate of drug-likeness (QED) is 0.261. The van der Waals surface area contributed by atoms with E-state index in [0.29, 0.717) is 24.4 Å².